The van der Waals surface area contributed by atoms with Crippen LogP contribution in [-0.2, 0) is 22.5 Å². The minimum Gasteiger partial charge on any atom is -0.436 e. The van der Waals surface area contributed by atoms with Gasteiger partial charge in [-0.25, -0.2) is 9.59 Å². The second-order valence-corrected chi connectivity index (χ2v) is 13.6. The number of halogens is 1. The first-order valence-electron chi connectivity index (χ1n) is 15.4. The molecule has 1 atom stereocenters. The van der Waals surface area contributed by atoms with Crippen molar-refractivity contribution in [3.05, 3.63) is 45.3 Å². The molecule has 1 aromatic heterocycles. The molecule has 4 aliphatic heterocycles. The molecule has 4 amide bonds. The van der Waals surface area contributed by atoms with Crippen molar-refractivity contribution in [3.63, 3.8) is 0 Å². The van der Waals surface area contributed by atoms with E-state index >= 15 is 0 Å². The molecule has 12 heteroatoms. The number of nitrogens with two attached hydrogens (primary N) is 1. The number of rotatable bonds is 6. The summed E-state index contributed by atoms with van der Waals surface area (Å²) in [6.45, 7) is 6.97. The first-order valence-corrected chi connectivity index (χ1v) is 16.7. The normalized spacial score (nSPS) is 21.1. The van der Waals surface area contributed by atoms with Crippen molar-refractivity contribution in [2.75, 3.05) is 50.3 Å². The molecule has 5 heterocycles. The summed E-state index contributed by atoms with van der Waals surface area (Å²) in [6, 6.07) is 6.16. The van der Waals surface area contributed by atoms with E-state index in [0.717, 1.165) is 47.6 Å². The maximum absolute atomic E-state index is 13.9. The number of ether oxygens (including phenoxy) is 1. The molecule has 3 saturated heterocycles. The summed E-state index contributed by atoms with van der Waals surface area (Å²) in [5.41, 5.74) is 9.32. The molecule has 4 aliphatic rings. The lowest BCUT2D eigenvalue weighted by molar-refractivity contribution is -0.142. The van der Waals surface area contributed by atoms with Crippen LogP contribution in [0.25, 0.3) is 0 Å². The van der Waals surface area contributed by atoms with Crippen LogP contribution in [0, 0.1) is 6.92 Å². The number of aryl methyl sites for hydroxylation is 1. The van der Waals surface area contributed by atoms with E-state index < -0.39 is 12.2 Å². The minimum atomic E-state index is -0.961. The van der Waals surface area contributed by atoms with Gasteiger partial charge in [0.25, 0.3) is 5.91 Å². The summed E-state index contributed by atoms with van der Waals surface area (Å²) in [5.74, 6) is -0.162. The molecule has 0 saturated carbocycles. The zero-order valence-electron chi connectivity index (χ0n) is 24.7. The number of carbonyl (C=O) groups excluding carboxylic acids is 3. The van der Waals surface area contributed by atoms with Crippen molar-refractivity contribution in [2.45, 2.75) is 76.6 Å². The van der Waals surface area contributed by atoms with Crippen molar-refractivity contribution < 1.29 is 19.1 Å². The number of carbonyl (C=O) groups is 3. The molecule has 232 valence electrons. The Kier molecular flexibility index (Phi) is 9.02. The van der Waals surface area contributed by atoms with Gasteiger partial charge < -0.3 is 30.1 Å². The molecule has 2 aromatic rings. The largest absolute Gasteiger partial charge is 0.436 e. The van der Waals surface area contributed by atoms with E-state index in [0.29, 0.717) is 62.3 Å². The van der Waals surface area contributed by atoms with E-state index in [9.17, 15) is 14.4 Å². The van der Waals surface area contributed by atoms with Gasteiger partial charge in [0, 0.05) is 50.2 Å². The summed E-state index contributed by atoms with van der Waals surface area (Å²) in [5, 5.41) is 6.31. The lowest BCUT2D eigenvalue weighted by atomic mass is 10.0. The van der Waals surface area contributed by atoms with Crippen LogP contribution in [0.4, 0.5) is 20.3 Å². The first-order chi connectivity index (χ1) is 20.8. The zero-order valence-corrected chi connectivity index (χ0v) is 26.3. The number of thiophene rings is 1. The molecule has 0 unspecified atom stereocenters. The molecule has 3 N–H and O–H groups in total. The van der Waals surface area contributed by atoms with E-state index in [4.69, 9.17) is 22.1 Å². The summed E-state index contributed by atoms with van der Waals surface area (Å²) in [6.07, 6.45) is 4.44. The summed E-state index contributed by atoms with van der Waals surface area (Å²) < 4.78 is 6.00. The quantitative estimate of drug-likeness (QED) is 0.439. The average Bonchev–Trinajstić information content (AvgIpc) is 3.71. The Morgan fingerprint density at radius 2 is 1.72 bits per heavy atom. The van der Waals surface area contributed by atoms with Crippen LogP contribution >= 0.6 is 22.9 Å². The predicted octanol–water partition coefficient (Wildman–Crippen LogP) is 4.94. The van der Waals surface area contributed by atoms with Crippen LogP contribution in [-0.4, -0.2) is 95.1 Å². The fourth-order valence-corrected chi connectivity index (χ4v) is 8.03. The monoisotopic (exact) mass is 628 g/mol. The van der Waals surface area contributed by atoms with Crippen molar-refractivity contribution in [2.24, 2.45) is 0 Å². The Morgan fingerprint density at radius 3 is 2.42 bits per heavy atom. The van der Waals surface area contributed by atoms with Gasteiger partial charge in [-0.05, 0) is 87.2 Å². The van der Waals surface area contributed by atoms with Crippen molar-refractivity contribution in [1.82, 2.24) is 19.6 Å². The number of amides is 4. The number of likely N-dealkylation sites (tertiary alicyclic amines) is 3. The Morgan fingerprint density at radius 1 is 1.05 bits per heavy atom. The predicted molar refractivity (Wildman–Crippen MR) is 168 cm³/mol. The second kappa shape index (κ2) is 12.9. The Balaban J connectivity index is 1.10. The highest BCUT2D eigenvalue weighted by Crippen LogP contribution is 2.32. The van der Waals surface area contributed by atoms with E-state index in [1.807, 2.05) is 34.2 Å². The van der Waals surface area contributed by atoms with Gasteiger partial charge in [-0.3, -0.25) is 10.1 Å². The molecule has 0 spiro atoms. The first kappa shape index (κ1) is 30.0. The molecular weight excluding hydrogens is 588 g/mol. The number of nitrogens with zero attached hydrogens (tertiary/aromatic N) is 4. The smallest absolute Gasteiger partial charge is 0.410 e. The van der Waals surface area contributed by atoms with Gasteiger partial charge >= 0.3 is 12.1 Å². The summed E-state index contributed by atoms with van der Waals surface area (Å²) in [7, 11) is 0. The topological polar surface area (TPSA) is 111 Å². The van der Waals surface area contributed by atoms with E-state index in [1.165, 1.54) is 24.2 Å². The van der Waals surface area contributed by atoms with Gasteiger partial charge in [0.1, 0.15) is 5.00 Å². The Bertz CT molecular complexity index is 1320. The van der Waals surface area contributed by atoms with Crippen LogP contribution in [0.15, 0.2) is 23.6 Å². The van der Waals surface area contributed by atoms with Crippen molar-refractivity contribution >= 4 is 51.7 Å². The maximum atomic E-state index is 13.9. The van der Waals surface area contributed by atoms with Crippen LogP contribution < -0.4 is 11.1 Å². The fourth-order valence-electron chi connectivity index (χ4n) is 6.94. The van der Waals surface area contributed by atoms with Crippen LogP contribution in [0.5, 0.6) is 0 Å². The molecule has 0 bridgehead atoms. The van der Waals surface area contributed by atoms with E-state index in [-0.39, 0.29) is 24.4 Å². The van der Waals surface area contributed by atoms with Crippen LogP contribution in [0.1, 0.15) is 55.2 Å². The Hall–Kier alpha value is -3.02. The van der Waals surface area contributed by atoms with E-state index in [1.54, 1.807) is 11.0 Å². The lowest BCUT2D eigenvalue weighted by Crippen LogP contribution is -2.52. The summed E-state index contributed by atoms with van der Waals surface area (Å²) in [4.78, 5) is 48.0. The van der Waals surface area contributed by atoms with Crippen LogP contribution in [0.2, 0.25) is 5.02 Å². The highest BCUT2D eigenvalue weighted by Gasteiger charge is 2.37. The lowest BCUT2D eigenvalue weighted by Gasteiger charge is -2.40. The van der Waals surface area contributed by atoms with Crippen molar-refractivity contribution in [1.29, 1.82) is 0 Å². The Labute approximate surface area is 262 Å². The fraction of sp³-hybridized carbons (Fsp3) is 0.581. The van der Waals surface area contributed by atoms with Gasteiger partial charge in [0.2, 0.25) is 0 Å². The highest BCUT2D eigenvalue weighted by atomic mass is 35.5. The highest BCUT2D eigenvalue weighted by molar-refractivity contribution is 7.14. The van der Waals surface area contributed by atoms with Gasteiger partial charge in [0.05, 0.1) is 17.3 Å². The van der Waals surface area contributed by atoms with Gasteiger partial charge in [-0.15, -0.1) is 11.3 Å². The number of hydrogen-bond donors (Lipinski definition) is 2. The number of piperidine rings is 2. The minimum absolute atomic E-state index is 0.0336. The third-order valence-electron chi connectivity index (χ3n) is 9.50. The standard InChI is InChI=1S/C31H41ClN6O4S/c1-20-16-21(17-25(32)27(20)33)18-26(29(39)36-11-4-23(5-12-36)35-9-2-3-10-35)42-31(41)37-13-6-24(7-14-37)38-19-22-8-15-43-28(22)34-30(38)40/h8,15-17,23-24,26H,2-7,9-14,18-19,33H2,1H3,(H,34,40)/t26-/m1/s1. The third-order valence-corrected chi connectivity index (χ3v) is 10.7. The molecular formula is C31H41ClN6O4S. The van der Waals surface area contributed by atoms with Crippen LogP contribution in [0.3, 0.4) is 0 Å². The van der Waals surface area contributed by atoms with Gasteiger partial charge in [-0.1, -0.05) is 17.7 Å². The number of benzene rings is 1. The zero-order chi connectivity index (χ0) is 30.1. The average molecular weight is 629 g/mol. The third kappa shape index (κ3) is 6.58. The molecule has 0 aliphatic carbocycles. The SMILES string of the molecule is Cc1cc(C[C@@H](OC(=O)N2CCC(N3Cc4ccsc4NC3=O)CC2)C(=O)N2CCC(N3CCCC3)CC2)cc(Cl)c1N. The van der Waals surface area contributed by atoms with Gasteiger partial charge in [-0.2, -0.15) is 0 Å². The maximum Gasteiger partial charge on any atom is 0.410 e. The second-order valence-electron chi connectivity index (χ2n) is 12.2. The molecule has 0 radical (unpaired) electrons. The molecule has 6 rings (SSSR count). The molecule has 1 aromatic carbocycles. The van der Waals surface area contributed by atoms with Crippen molar-refractivity contribution in [3.8, 4) is 0 Å². The molecule has 3 fully saturated rings. The molecule has 10 nitrogen and oxygen atoms in total. The number of nitrogen functional groups attached to an aromatic ring is 1. The number of nitrogens with one attached hydrogen (secondary N) is 1. The number of anilines is 2. The number of fused-ring (bicyclic) bond motifs is 1. The number of hydrogen-bond acceptors (Lipinski definition) is 7. The summed E-state index contributed by atoms with van der Waals surface area (Å²) >= 11 is 7.91. The molecule has 43 heavy (non-hydrogen) atoms. The van der Waals surface area contributed by atoms with E-state index in [2.05, 4.69) is 10.2 Å². The number of urea groups is 1. The van der Waals surface area contributed by atoms with Gasteiger partial charge in [0.15, 0.2) is 6.10 Å².